The molecule has 0 aliphatic rings. The molecule has 0 amide bonds. The molecule has 0 aliphatic carbocycles. The fraction of sp³-hybridized carbons (Fsp3) is 0.500. The summed E-state index contributed by atoms with van der Waals surface area (Å²) in [4.78, 5) is 7.84. The van der Waals surface area contributed by atoms with E-state index in [4.69, 9.17) is 0 Å². The van der Waals surface area contributed by atoms with Crippen LogP contribution in [-0.4, -0.2) is 9.97 Å². The summed E-state index contributed by atoms with van der Waals surface area (Å²) in [5.74, 6) is 0.410. The maximum atomic E-state index is 12.8. The lowest BCUT2D eigenvalue weighted by Gasteiger charge is -1.99. The van der Waals surface area contributed by atoms with Crippen LogP contribution in [-0.2, 0) is 12.8 Å². The van der Waals surface area contributed by atoms with Crippen molar-refractivity contribution >= 4 is 0 Å². The van der Waals surface area contributed by atoms with Gasteiger partial charge in [0.15, 0.2) is 5.82 Å². The zero-order valence-corrected chi connectivity index (χ0v) is 6.76. The zero-order valence-electron chi connectivity index (χ0n) is 6.76. The van der Waals surface area contributed by atoms with Gasteiger partial charge in [-0.25, -0.2) is 14.4 Å². The first-order chi connectivity index (χ1) is 5.27. The number of rotatable bonds is 2. The normalized spacial score (nSPS) is 10.1. The van der Waals surface area contributed by atoms with Crippen LogP contribution in [0, 0.1) is 5.82 Å². The van der Waals surface area contributed by atoms with E-state index in [2.05, 4.69) is 9.97 Å². The second-order valence-electron chi connectivity index (χ2n) is 2.29. The average Bonchev–Trinajstić information content (AvgIpc) is 2.05. The second-order valence-corrected chi connectivity index (χ2v) is 2.29. The molecule has 0 atom stereocenters. The molecule has 0 fully saturated rings. The van der Waals surface area contributed by atoms with Crippen LogP contribution in [0.3, 0.4) is 0 Å². The Balaban J connectivity index is 3.02. The van der Waals surface area contributed by atoms with Crippen molar-refractivity contribution in [1.29, 1.82) is 0 Å². The molecule has 0 saturated heterocycles. The van der Waals surface area contributed by atoms with Gasteiger partial charge in [-0.15, -0.1) is 0 Å². The van der Waals surface area contributed by atoms with E-state index in [1.54, 1.807) is 0 Å². The zero-order chi connectivity index (χ0) is 8.27. The van der Waals surface area contributed by atoms with Crippen LogP contribution < -0.4 is 0 Å². The Bertz CT molecular complexity index is 248. The molecule has 0 aliphatic heterocycles. The van der Waals surface area contributed by atoms with Crippen molar-refractivity contribution in [2.24, 2.45) is 0 Å². The Kier molecular flexibility index (Phi) is 2.52. The van der Waals surface area contributed by atoms with Crippen molar-refractivity contribution in [2.45, 2.75) is 26.7 Å². The van der Waals surface area contributed by atoms with Crippen LogP contribution >= 0.6 is 0 Å². The molecule has 1 rings (SSSR count). The molecule has 0 spiro atoms. The summed E-state index contributed by atoms with van der Waals surface area (Å²) in [5, 5.41) is 0. The summed E-state index contributed by atoms with van der Waals surface area (Å²) >= 11 is 0. The summed E-state index contributed by atoms with van der Waals surface area (Å²) in [6.07, 6.45) is 2.62. The van der Waals surface area contributed by atoms with Crippen molar-refractivity contribution in [2.75, 3.05) is 0 Å². The minimum absolute atomic E-state index is 0.301. The molecule has 2 nitrogen and oxygen atoms in total. The Morgan fingerprint density at radius 2 is 2.09 bits per heavy atom. The predicted octanol–water partition coefficient (Wildman–Crippen LogP) is 1.74. The Morgan fingerprint density at radius 1 is 1.36 bits per heavy atom. The van der Waals surface area contributed by atoms with Crippen molar-refractivity contribution in [3.05, 3.63) is 23.5 Å². The topological polar surface area (TPSA) is 25.8 Å². The summed E-state index contributed by atoms with van der Waals surface area (Å²) in [6, 6.07) is 0. The van der Waals surface area contributed by atoms with E-state index in [0.717, 1.165) is 6.42 Å². The minimum atomic E-state index is -0.301. The molecule has 0 radical (unpaired) electrons. The number of hydrogen-bond donors (Lipinski definition) is 0. The third-order valence-electron chi connectivity index (χ3n) is 1.52. The molecule has 0 N–H and O–H groups in total. The first kappa shape index (κ1) is 8.11. The molecule has 0 bridgehead atoms. The van der Waals surface area contributed by atoms with E-state index in [0.29, 0.717) is 17.9 Å². The van der Waals surface area contributed by atoms with Gasteiger partial charge in [-0.1, -0.05) is 13.8 Å². The number of hydrogen-bond acceptors (Lipinski definition) is 2. The van der Waals surface area contributed by atoms with E-state index < -0.39 is 0 Å². The smallest absolute Gasteiger partial charge is 0.162 e. The van der Waals surface area contributed by atoms with Gasteiger partial charge in [-0.05, 0) is 6.42 Å². The van der Waals surface area contributed by atoms with Crippen molar-refractivity contribution < 1.29 is 4.39 Å². The molecule has 1 aromatic heterocycles. The third-order valence-corrected chi connectivity index (χ3v) is 1.52. The molecule has 60 valence electrons. The van der Waals surface area contributed by atoms with Crippen LogP contribution in [0.4, 0.5) is 4.39 Å². The highest BCUT2D eigenvalue weighted by Crippen LogP contribution is 2.03. The van der Waals surface area contributed by atoms with Crippen LogP contribution in [0.1, 0.15) is 25.4 Å². The van der Waals surface area contributed by atoms with Gasteiger partial charge >= 0.3 is 0 Å². The Hall–Kier alpha value is -0.990. The highest BCUT2D eigenvalue weighted by Gasteiger charge is 2.02. The van der Waals surface area contributed by atoms with Gasteiger partial charge < -0.3 is 0 Å². The maximum Gasteiger partial charge on any atom is 0.162 e. The quantitative estimate of drug-likeness (QED) is 0.648. The van der Waals surface area contributed by atoms with Crippen molar-refractivity contribution in [1.82, 2.24) is 9.97 Å². The molecule has 1 heterocycles. The van der Waals surface area contributed by atoms with Crippen LogP contribution in [0.5, 0.6) is 0 Å². The lowest BCUT2D eigenvalue weighted by Crippen LogP contribution is -2.00. The first-order valence-corrected chi connectivity index (χ1v) is 3.78. The first-order valence-electron chi connectivity index (χ1n) is 3.78. The van der Waals surface area contributed by atoms with Crippen molar-refractivity contribution in [3.8, 4) is 0 Å². The summed E-state index contributed by atoms with van der Waals surface area (Å²) in [6.45, 7) is 3.83. The van der Waals surface area contributed by atoms with E-state index in [1.807, 2.05) is 13.8 Å². The maximum absolute atomic E-state index is 12.8. The fourth-order valence-electron chi connectivity index (χ4n) is 0.862. The van der Waals surface area contributed by atoms with Crippen molar-refractivity contribution in [3.63, 3.8) is 0 Å². The van der Waals surface area contributed by atoms with E-state index in [9.17, 15) is 4.39 Å². The molecule has 3 heteroatoms. The lowest BCUT2D eigenvalue weighted by molar-refractivity contribution is 0.588. The molecule has 0 aromatic carbocycles. The third kappa shape index (κ3) is 1.73. The Morgan fingerprint density at radius 3 is 2.64 bits per heavy atom. The molecular formula is C8H11FN2. The van der Waals surface area contributed by atoms with E-state index >= 15 is 0 Å². The van der Waals surface area contributed by atoms with Gasteiger partial charge in [-0.3, -0.25) is 0 Å². The van der Waals surface area contributed by atoms with Gasteiger partial charge in [-0.2, -0.15) is 0 Å². The highest BCUT2D eigenvalue weighted by molar-refractivity contribution is 5.04. The summed E-state index contributed by atoms with van der Waals surface area (Å²) < 4.78 is 12.8. The molecular weight excluding hydrogens is 143 g/mol. The van der Waals surface area contributed by atoms with Crippen LogP contribution in [0.25, 0.3) is 0 Å². The summed E-state index contributed by atoms with van der Waals surface area (Å²) in [7, 11) is 0. The predicted molar refractivity (Wildman–Crippen MR) is 40.7 cm³/mol. The fourth-order valence-corrected chi connectivity index (χ4v) is 0.862. The molecule has 11 heavy (non-hydrogen) atoms. The number of aryl methyl sites for hydroxylation is 2. The largest absolute Gasteiger partial charge is 0.238 e. The molecule has 1 aromatic rings. The monoisotopic (exact) mass is 154 g/mol. The van der Waals surface area contributed by atoms with E-state index in [-0.39, 0.29) is 5.82 Å². The molecule has 0 saturated carbocycles. The number of aromatic nitrogens is 2. The average molecular weight is 154 g/mol. The minimum Gasteiger partial charge on any atom is -0.238 e. The number of halogens is 1. The van der Waals surface area contributed by atoms with Gasteiger partial charge in [0.2, 0.25) is 0 Å². The highest BCUT2D eigenvalue weighted by atomic mass is 19.1. The van der Waals surface area contributed by atoms with Crippen LogP contribution in [0.15, 0.2) is 6.20 Å². The van der Waals surface area contributed by atoms with Gasteiger partial charge in [0.1, 0.15) is 5.82 Å². The number of nitrogens with zero attached hydrogens (tertiary/aromatic N) is 2. The van der Waals surface area contributed by atoms with Gasteiger partial charge in [0.25, 0.3) is 0 Å². The second kappa shape index (κ2) is 3.42. The standard InChI is InChI=1S/C8H11FN2/c1-3-7-6(9)5-10-8(4-2)11-7/h5H,3-4H2,1-2H3. The molecule has 0 unspecified atom stereocenters. The van der Waals surface area contributed by atoms with Gasteiger partial charge in [0.05, 0.1) is 11.9 Å². The van der Waals surface area contributed by atoms with Gasteiger partial charge in [0, 0.05) is 6.42 Å². The van der Waals surface area contributed by atoms with E-state index in [1.165, 1.54) is 6.20 Å². The lowest BCUT2D eigenvalue weighted by atomic mass is 10.3. The SMILES string of the molecule is CCc1ncc(F)c(CC)n1. The van der Waals surface area contributed by atoms with Crippen LogP contribution in [0.2, 0.25) is 0 Å². The Labute approximate surface area is 65.5 Å². The summed E-state index contributed by atoms with van der Waals surface area (Å²) in [5.41, 5.74) is 0.511.